The van der Waals surface area contributed by atoms with Crippen LogP contribution in [0.25, 0.3) is 11.1 Å². The number of ether oxygens (including phenoxy) is 3. The minimum absolute atomic E-state index is 0.0768. The summed E-state index contributed by atoms with van der Waals surface area (Å²) in [7, 11) is 0. The monoisotopic (exact) mass is 848 g/mol. The topological polar surface area (TPSA) is 131 Å². The molecule has 5 aromatic rings. The van der Waals surface area contributed by atoms with Crippen LogP contribution in [0.2, 0.25) is 10.0 Å². The third-order valence-corrected chi connectivity index (χ3v) is 12.4. The molecule has 1 fully saturated rings. The molecule has 310 valence electrons. The molecule has 3 amide bonds. The fourth-order valence-corrected chi connectivity index (χ4v) is 8.39. The molecule has 0 bridgehead atoms. The van der Waals surface area contributed by atoms with Gasteiger partial charge >= 0.3 is 12.0 Å². The number of hydrogen-bond acceptors (Lipinski definition) is 7. The number of nitrogens with one attached hydrogen (secondary N) is 1. The van der Waals surface area contributed by atoms with Gasteiger partial charge in [-0.2, -0.15) is 0 Å². The lowest BCUT2D eigenvalue weighted by molar-refractivity contribution is -0.142. The zero-order chi connectivity index (χ0) is 41.9. The Hall–Kier alpha value is -5.78. The van der Waals surface area contributed by atoms with Gasteiger partial charge in [0, 0.05) is 44.4 Å². The maximum absolute atomic E-state index is 14.2. The highest BCUT2D eigenvalue weighted by Gasteiger charge is 2.39. The van der Waals surface area contributed by atoms with Gasteiger partial charge in [0.15, 0.2) is 17.6 Å². The first kappa shape index (κ1) is 41.0. The molecule has 0 radical (unpaired) electrons. The lowest BCUT2D eigenvalue weighted by atomic mass is 9.92. The maximum Gasteiger partial charge on any atom is 0.326 e. The highest BCUT2D eigenvalue weighted by atomic mass is 35.5. The molecule has 8 rings (SSSR count). The summed E-state index contributed by atoms with van der Waals surface area (Å²) in [5, 5.41) is 14.1. The zero-order valence-corrected chi connectivity index (χ0v) is 35.0. The number of carbonyl (C=O) groups is 3. The largest absolute Gasteiger partial charge is 0.489 e. The molecule has 0 aliphatic carbocycles. The first-order chi connectivity index (χ1) is 29.0. The fraction of sp³-hybridized carbons (Fsp3) is 0.319. The Morgan fingerprint density at radius 1 is 0.883 bits per heavy atom. The van der Waals surface area contributed by atoms with E-state index in [1.807, 2.05) is 86.6 Å². The molecule has 0 spiro atoms. The lowest BCUT2D eigenvalue weighted by Gasteiger charge is -2.41. The summed E-state index contributed by atoms with van der Waals surface area (Å²) in [6.07, 6.45) is 4.47. The van der Waals surface area contributed by atoms with E-state index in [0.717, 1.165) is 69.5 Å². The van der Waals surface area contributed by atoms with Gasteiger partial charge in [-0.15, -0.1) is 0 Å². The highest BCUT2D eigenvalue weighted by molar-refractivity contribution is 6.42. The number of carboxylic acids is 1. The second kappa shape index (κ2) is 17.8. The van der Waals surface area contributed by atoms with Gasteiger partial charge in [0.2, 0.25) is 5.91 Å². The van der Waals surface area contributed by atoms with Crippen molar-refractivity contribution in [1.29, 1.82) is 0 Å². The summed E-state index contributed by atoms with van der Waals surface area (Å²) in [6.45, 7) is 5.95. The van der Waals surface area contributed by atoms with Gasteiger partial charge in [-0.05, 0) is 120 Å². The van der Waals surface area contributed by atoms with Crippen LogP contribution in [0.4, 0.5) is 4.79 Å². The first-order valence-corrected chi connectivity index (χ1v) is 21.0. The van der Waals surface area contributed by atoms with Gasteiger partial charge in [0.25, 0.3) is 0 Å². The number of halogens is 2. The molecular weight excluding hydrogens is 803 g/mol. The Morgan fingerprint density at radius 2 is 1.62 bits per heavy atom. The van der Waals surface area contributed by atoms with Crippen molar-refractivity contribution in [2.24, 2.45) is 0 Å². The molecule has 3 aliphatic heterocycles. The van der Waals surface area contributed by atoms with Gasteiger partial charge in [0.05, 0.1) is 10.0 Å². The van der Waals surface area contributed by atoms with Gasteiger partial charge in [-0.1, -0.05) is 65.7 Å². The van der Waals surface area contributed by atoms with Gasteiger partial charge in [-0.3, -0.25) is 9.78 Å². The number of carboxylic acid groups (broad SMARTS) is 1. The summed E-state index contributed by atoms with van der Waals surface area (Å²) in [6, 6.07) is 24.1. The summed E-state index contributed by atoms with van der Waals surface area (Å²) >= 11 is 12.2. The van der Waals surface area contributed by atoms with Crippen molar-refractivity contribution in [1.82, 2.24) is 20.1 Å². The minimum atomic E-state index is -1.21. The number of rotatable bonds is 10. The van der Waals surface area contributed by atoms with Gasteiger partial charge in [0.1, 0.15) is 31.0 Å². The second-order valence-corrected chi connectivity index (χ2v) is 16.5. The number of aliphatic carboxylic acids is 1. The highest BCUT2D eigenvalue weighted by Crippen LogP contribution is 2.41. The van der Waals surface area contributed by atoms with Crippen molar-refractivity contribution in [2.45, 2.75) is 77.3 Å². The SMILES string of the molecule is Cc1nccc(-c2ccc(CC(NC(=O)C3Cc4cc5c(cc4CN3C(=O)N3CCCCC3)OC(c3ccc(OCc4ccc(Cl)c(Cl)c4)cc3)CO5)C(=O)O)cc2)c1C. The van der Waals surface area contributed by atoms with E-state index < -0.39 is 24.0 Å². The third kappa shape index (κ3) is 9.02. The minimum Gasteiger partial charge on any atom is -0.489 e. The number of hydrogen-bond donors (Lipinski definition) is 2. The van der Waals surface area contributed by atoms with Crippen molar-refractivity contribution in [3.05, 3.63) is 140 Å². The number of benzene rings is 4. The molecule has 13 heteroatoms. The van der Waals surface area contributed by atoms with Crippen LogP contribution in [0.1, 0.15) is 64.4 Å². The molecule has 4 heterocycles. The standard InChI is InChI=1S/C47H46Cl2N4O7/c1-28-29(2)50-17-16-37(28)32-9-6-30(7-10-32)21-40(46(55)56)51-45(54)41-22-34-23-42-43(24-35(34)25-53(41)47(57)52-18-4-3-5-19-52)60-44(27-59-42)33-11-13-36(14-12-33)58-26-31-8-15-38(48)39(49)20-31/h6-17,20,23-24,40-41,44H,3-5,18-19,21-22,25-27H2,1-2H3,(H,51,54)(H,55,56). The van der Waals surface area contributed by atoms with Crippen LogP contribution in [0.5, 0.6) is 17.2 Å². The predicted molar refractivity (Wildman–Crippen MR) is 229 cm³/mol. The number of nitrogens with zero attached hydrogens (tertiary/aromatic N) is 3. The number of urea groups is 1. The number of aryl methyl sites for hydroxylation is 1. The van der Waals surface area contributed by atoms with E-state index in [-0.39, 0.29) is 38.1 Å². The molecule has 4 aromatic carbocycles. The molecule has 0 saturated carbocycles. The molecule has 3 atom stereocenters. The average Bonchev–Trinajstić information content (AvgIpc) is 3.26. The Kier molecular flexibility index (Phi) is 12.2. The van der Waals surface area contributed by atoms with Crippen molar-refractivity contribution in [3.63, 3.8) is 0 Å². The summed E-state index contributed by atoms with van der Waals surface area (Å²) < 4.78 is 18.7. The molecule has 60 heavy (non-hydrogen) atoms. The summed E-state index contributed by atoms with van der Waals surface area (Å²) in [5.74, 6) is 0.105. The number of aromatic nitrogens is 1. The van der Waals surface area contributed by atoms with E-state index >= 15 is 0 Å². The number of pyridine rings is 1. The van der Waals surface area contributed by atoms with Gasteiger partial charge in [-0.25, -0.2) is 9.59 Å². The second-order valence-electron chi connectivity index (χ2n) is 15.6. The molecule has 2 N–H and O–H groups in total. The Bertz CT molecular complexity index is 2400. The Labute approximate surface area is 359 Å². The van der Waals surface area contributed by atoms with E-state index in [4.69, 9.17) is 37.4 Å². The third-order valence-electron chi connectivity index (χ3n) is 11.6. The number of fused-ring (bicyclic) bond motifs is 2. The number of piperidine rings is 1. The predicted octanol–water partition coefficient (Wildman–Crippen LogP) is 8.91. The normalized spacial score (nSPS) is 17.7. The van der Waals surface area contributed by atoms with Crippen LogP contribution < -0.4 is 19.5 Å². The molecule has 1 aromatic heterocycles. The smallest absolute Gasteiger partial charge is 0.326 e. The van der Waals surface area contributed by atoms with Crippen molar-refractivity contribution in [3.8, 4) is 28.4 Å². The molecule has 3 aliphatic rings. The van der Waals surface area contributed by atoms with Crippen LogP contribution in [0.3, 0.4) is 0 Å². The van der Waals surface area contributed by atoms with Crippen molar-refractivity contribution in [2.75, 3.05) is 19.7 Å². The lowest BCUT2D eigenvalue weighted by Crippen LogP contribution is -2.58. The van der Waals surface area contributed by atoms with Crippen molar-refractivity contribution >= 4 is 41.1 Å². The molecule has 1 saturated heterocycles. The average molecular weight is 850 g/mol. The maximum atomic E-state index is 14.2. The summed E-state index contributed by atoms with van der Waals surface area (Å²) in [5.41, 5.74) is 8.32. The van der Waals surface area contributed by atoms with Crippen LogP contribution in [0, 0.1) is 13.8 Å². The van der Waals surface area contributed by atoms with E-state index in [0.29, 0.717) is 47.0 Å². The van der Waals surface area contributed by atoms with E-state index in [2.05, 4.69) is 10.3 Å². The van der Waals surface area contributed by atoms with E-state index in [1.165, 1.54) is 0 Å². The van der Waals surface area contributed by atoms with E-state index in [9.17, 15) is 19.5 Å². The van der Waals surface area contributed by atoms with E-state index in [1.54, 1.807) is 28.1 Å². The van der Waals surface area contributed by atoms with Crippen LogP contribution >= 0.6 is 23.2 Å². The molecular formula is C47H46Cl2N4O7. The van der Waals surface area contributed by atoms with Crippen molar-refractivity contribution < 1.29 is 33.7 Å². The van der Waals surface area contributed by atoms with Crippen LogP contribution in [-0.4, -0.2) is 69.6 Å². The van der Waals surface area contributed by atoms with Gasteiger partial charge < -0.3 is 34.4 Å². The first-order valence-electron chi connectivity index (χ1n) is 20.2. The fourth-order valence-electron chi connectivity index (χ4n) is 8.07. The number of carbonyl (C=O) groups excluding carboxylic acids is 2. The molecule has 11 nitrogen and oxygen atoms in total. The van der Waals surface area contributed by atoms with Crippen LogP contribution in [-0.2, 0) is 35.6 Å². The van der Waals surface area contributed by atoms with Crippen LogP contribution in [0.15, 0.2) is 91.1 Å². The zero-order valence-electron chi connectivity index (χ0n) is 33.5. The quantitative estimate of drug-likeness (QED) is 0.143. The molecule has 3 unspecified atom stereocenters. The summed E-state index contributed by atoms with van der Waals surface area (Å²) in [4.78, 5) is 48.7. The number of amides is 3. The Morgan fingerprint density at radius 3 is 2.35 bits per heavy atom. The Balaban J connectivity index is 0.971. The number of likely N-dealkylation sites (tertiary alicyclic amines) is 1.